The Kier molecular flexibility index (Phi) is 4.65. The quantitative estimate of drug-likeness (QED) is 0.779. The molecule has 6 heteroatoms. The molecule has 0 saturated carbocycles. The van der Waals surface area contributed by atoms with Crippen molar-refractivity contribution in [3.8, 4) is 11.5 Å². The van der Waals surface area contributed by atoms with Gasteiger partial charge in [-0.1, -0.05) is 12.1 Å². The second kappa shape index (κ2) is 7.04. The molecule has 2 aromatic heterocycles. The molecular formula is C18H18N4O2. The number of nitrogens with zero attached hydrogens (tertiary/aromatic N) is 3. The lowest BCUT2D eigenvalue weighted by Crippen LogP contribution is -2.13. The van der Waals surface area contributed by atoms with E-state index in [2.05, 4.69) is 20.5 Å². The smallest absolute Gasteiger partial charge is 0.247 e. The third-order valence-corrected chi connectivity index (χ3v) is 3.63. The van der Waals surface area contributed by atoms with Crippen molar-refractivity contribution < 1.29 is 9.21 Å². The average Bonchev–Trinajstić information content (AvgIpc) is 3.06. The van der Waals surface area contributed by atoms with Gasteiger partial charge in [0.1, 0.15) is 0 Å². The summed E-state index contributed by atoms with van der Waals surface area (Å²) in [6.07, 6.45) is 4.01. The van der Waals surface area contributed by atoms with Crippen LogP contribution < -0.4 is 5.32 Å². The number of amides is 1. The summed E-state index contributed by atoms with van der Waals surface area (Å²) < 4.78 is 5.58. The minimum atomic E-state index is -0.0765. The highest BCUT2D eigenvalue weighted by Crippen LogP contribution is 2.18. The van der Waals surface area contributed by atoms with Crippen LogP contribution in [0.4, 0.5) is 5.69 Å². The van der Waals surface area contributed by atoms with Gasteiger partial charge in [-0.15, -0.1) is 10.2 Å². The maximum Gasteiger partial charge on any atom is 0.247 e. The fourth-order valence-electron chi connectivity index (χ4n) is 2.27. The number of aryl methyl sites for hydroxylation is 3. The van der Waals surface area contributed by atoms with Crippen molar-refractivity contribution >= 4 is 11.6 Å². The summed E-state index contributed by atoms with van der Waals surface area (Å²) in [4.78, 5) is 16.1. The minimum absolute atomic E-state index is 0.0765. The Balaban J connectivity index is 1.59. The highest BCUT2D eigenvalue weighted by molar-refractivity contribution is 5.91. The third-order valence-electron chi connectivity index (χ3n) is 3.63. The van der Waals surface area contributed by atoms with Gasteiger partial charge in [-0.2, -0.15) is 0 Å². The van der Waals surface area contributed by atoms with Gasteiger partial charge in [-0.05, 0) is 43.2 Å². The Labute approximate surface area is 140 Å². The van der Waals surface area contributed by atoms with Crippen molar-refractivity contribution in [3.05, 3.63) is 59.7 Å². The Morgan fingerprint density at radius 3 is 2.71 bits per heavy atom. The minimum Gasteiger partial charge on any atom is -0.421 e. The van der Waals surface area contributed by atoms with Crippen LogP contribution in [-0.2, 0) is 11.2 Å². The lowest BCUT2D eigenvalue weighted by atomic mass is 10.1. The zero-order valence-corrected chi connectivity index (χ0v) is 13.6. The van der Waals surface area contributed by atoms with Crippen LogP contribution in [0.3, 0.4) is 0 Å². The first-order chi connectivity index (χ1) is 11.6. The van der Waals surface area contributed by atoms with Crippen LogP contribution in [0.2, 0.25) is 0 Å². The molecule has 0 aliphatic rings. The summed E-state index contributed by atoms with van der Waals surface area (Å²) in [5.74, 6) is 0.799. The standard InChI is InChI=1S/C18H18N4O2/c1-12-3-4-13(2)15(11-12)20-16(23)5-6-17-21-22-18(24-17)14-7-9-19-10-8-14/h3-4,7-11H,5-6H2,1-2H3,(H,20,23). The normalized spacial score (nSPS) is 10.6. The topological polar surface area (TPSA) is 80.9 Å². The second-order valence-corrected chi connectivity index (χ2v) is 5.60. The molecule has 0 radical (unpaired) electrons. The lowest BCUT2D eigenvalue weighted by Gasteiger charge is -2.08. The van der Waals surface area contributed by atoms with Gasteiger partial charge < -0.3 is 9.73 Å². The van der Waals surface area contributed by atoms with Crippen LogP contribution in [0.5, 0.6) is 0 Å². The van der Waals surface area contributed by atoms with Crippen LogP contribution in [0.15, 0.2) is 47.1 Å². The molecule has 1 amide bonds. The van der Waals surface area contributed by atoms with E-state index in [1.54, 1.807) is 24.5 Å². The fraction of sp³-hybridized carbons (Fsp3) is 0.222. The predicted octanol–water partition coefficient (Wildman–Crippen LogP) is 3.32. The van der Waals surface area contributed by atoms with E-state index in [4.69, 9.17) is 4.42 Å². The zero-order chi connectivity index (χ0) is 16.9. The van der Waals surface area contributed by atoms with E-state index >= 15 is 0 Å². The molecule has 1 aromatic carbocycles. The maximum atomic E-state index is 12.1. The molecule has 0 aliphatic carbocycles. The molecule has 3 aromatic rings. The first-order valence-corrected chi connectivity index (χ1v) is 7.72. The SMILES string of the molecule is Cc1ccc(C)c(NC(=O)CCc2nnc(-c3ccncc3)o2)c1. The number of pyridine rings is 1. The molecule has 1 N–H and O–H groups in total. The zero-order valence-electron chi connectivity index (χ0n) is 13.6. The number of aromatic nitrogens is 3. The molecule has 3 rings (SSSR count). The highest BCUT2D eigenvalue weighted by Gasteiger charge is 2.11. The van der Waals surface area contributed by atoms with E-state index in [9.17, 15) is 4.79 Å². The summed E-state index contributed by atoms with van der Waals surface area (Å²) >= 11 is 0. The van der Waals surface area contributed by atoms with Gasteiger partial charge >= 0.3 is 0 Å². The number of rotatable bonds is 5. The Bertz CT molecular complexity index is 843. The summed E-state index contributed by atoms with van der Waals surface area (Å²) in [5.41, 5.74) is 3.79. The molecule has 0 saturated heterocycles. The first kappa shape index (κ1) is 15.9. The summed E-state index contributed by atoms with van der Waals surface area (Å²) in [5, 5.41) is 10.9. The van der Waals surface area contributed by atoms with Crippen LogP contribution in [0.1, 0.15) is 23.4 Å². The third kappa shape index (κ3) is 3.84. The molecule has 0 spiro atoms. The number of hydrogen-bond acceptors (Lipinski definition) is 5. The molecule has 0 atom stereocenters. The predicted molar refractivity (Wildman–Crippen MR) is 90.4 cm³/mol. The number of carbonyl (C=O) groups is 1. The maximum absolute atomic E-state index is 12.1. The molecule has 0 fully saturated rings. The van der Waals surface area contributed by atoms with Crippen molar-refractivity contribution in [2.75, 3.05) is 5.32 Å². The number of nitrogens with one attached hydrogen (secondary N) is 1. The van der Waals surface area contributed by atoms with E-state index in [1.165, 1.54) is 0 Å². The van der Waals surface area contributed by atoms with Crippen LogP contribution >= 0.6 is 0 Å². The van der Waals surface area contributed by atoms with Crippen molar-refractivity contribution in [3.63, 3.8) is 0 Å². The molecule has 0 unspecified atom stereocenters. The largest absolute Gasteiger partial charge is 0.421 e. The molecule has 0 aliphatic heterocycles. The Hall–Kier alpha value is -3.02. The number of benzene rings is 1. The number of anilines is 1. The van der Waals surface area contributed by atoms with Gasteiger partial charge in [0.05, 0.1) is 0 Å². The van der Waals surface area contributed by atoms with E-state index in [0.717, 1.165) is 22.4 Å². The summed E-state index contributed by atoms with van der Waals surface area (Å²) in [6.45, 7) is 3.96. The van der Waals surface area contributed by atoms with E-state index in [0.29, 0.717) is 18.2 Å². The number of carbonyl (C=O) groups excluding carboxylic acids is 1. The molecule has 0 bridgehead atoms. The van der Waals surface area contributed by atoms with Crippen molar-refractivity contribution in [2.24, 2.45) is 0 Å². The first-order valence-electron chi connectivity index (χ1n) is 7.72. The summed E-state index contributed by atoms with van der Waals surface area (Å²) in [6, 6.07) is 9.56. The summed E-state index contributed by atoms with van der Waals surface area (Å²) in [7, 11) is 0. The van der Waals surface area contributed by atoms with Crippen molar-refractivity contribution in [1.82, 2.24) is 15.2 Å². The molecule has 6 nitrogen and oxygen atoms in total. The molecule has 24 heavy (non-hydrogen) atoms. The van der Waals surface area contributed by atoms with Gasteiger partial charge in [0.25, 0.3) is 0 Å². The average molecular weight is 322 g/mol. The Morgan fingerprint density at radius 2 is 1.92 bits per heavy atom. The molecular weight excluding hydrogens is 304 g/mol. The lowest BCUT2D eigenvalue weighted by molar-refractivity contribution is -0.116. The molecule has 122 valence electrons. The van der Waals surface area contributed by atoms with E-state index in [1.807, 2.05) is 32.0 Å². The fourth-order valence-corrected chi connectivity index (χ4v) is 2.27. The van der Waals surface area contributed by atoms with Crippen LogP contribution in [-0.4, -0.2) is 21.1 Å². The van der Waals surface area contributed by atoms with Crippen molar-refractivity contribution in [2.45, 2.75) is 26.7 Å². The van der Waals surface area contributed by atoms with Gasteiger partial charge in [-0.25, -0.2) is 0 Å². The van der Waals surface area contributed by atoms with Crippen molar-refractivity contribution in [1.29, 1.82) is 0 Å². The number of hydrogen-bond donors (Lipinski definition) is 1. The molecule has 2 heterocycles. The van der Waals surface area contributed by atoms with Gasteiger partial charge in [0.2, 0.25) is 17.7 Å². The Morgan fingerprint density at radius 1 is 1.12 bits per heavy atom. The van der Waals surface area contributed by atoms with E-state index in [-0.39, 0.29) is 12.3 Å². The van der Waals surface area contributed by atoms with Gasteiger partial charge in [-0.3, -0.25) is 9.78 Å². The van der Waals surface area contributed by atoms with Crippen LogP contribution in [0.25, 0.3) is 11.5 Å². The van der Waals surface area contributed by atoms with Gasteiger partial charge in [0.15, 0.2) is 0 Å². The highest BCUT2D eigenvalue weighted by atomic mass is 16.4. The second-order valence-electron chi connectivity index (χ2n) is 5.60. The van der Waals surface area contributed by atoms with Gasteiger partial charge in [0, 0.05) is 36.5 Å². The van der Waals surface area contributed by atoms with Crippen LogP contribution in [0, 0.1) is 13.8 Å². The van der Waals surface area contributed by atoms with E-state index < -0.39 is 0 Å². The monoisotopic (exact) mass is 322 g/mol.